The van der Waals surface area contributed by atoms with E-state index < -0.39 is 0 Å². The van der Waals surface area contributed by atoms with E-state index in [9.17, 15) is 0 Å². The largest absolute Gasteiger partial charge is 0.384 e. The third kappa shape index (κ3) is 4.21. The number of nitrogen functional groups attached to an aromatic ring is 1. The highest BCUT2D eigenvalue weighted by atomic mass is 79.9. The molecule has 1 heterocycles. The molecule has 0 spiro atoms. The summed E-state index contributed by atoms with van der Waals surface area (Å²) in [4.78, 5) is 10.0. The summed E-state index contributed by atoms with van der Waals surface area (Å²) in [6, 6.07) is 10.0. The smallest absolute Gasteiger partial charge is 0.141 e. The third-order valence-electron chi connectivity index (χ3n) is 2.57. The van der Waals surface area contributed by atoms with Gasteiger partial charge in [-0.15, -0.1) is 11.8 Å². The number of rotatable bonds is 4. The Morgan fingerprint density at radius 2 is 2.05 bits per heavy atom. The fraction of sp³-hybridized carbons (Fsp3) is 0.286. The van der Waals surface area contributed by atoms with Gasteiger partial charge in [0.2, 0.25) is 0 Å². The Bertz CT molecular complexity index is 572. The number of thioether (sulfide) groups is 1. The second kappa shape index (κ2) is 6.39. The Kier molecular flexibility index (Phi) is 4.82. The zero-order valence-electron chi connectivity index (χ0n) is 10.9. The number of aromatic nitrogens is 2. The maximum atomic E-state index is 5.82. The Morgan fingerprint density at radius 1 is 1.26 bits per heavy atom. The lowest BCUT2D eigenvalue weighted by Crippen LogP contribution is -2.03. The van der Waals surface area contributed by atoms with Crippen LogP contribution < -0.4 is 5.73 Å². The van der Waals surface area contributed by atoms with Crippen LogP contribution in [0, 0.1) is 0 Å². The topological polar surface area (TPSA) is 51.8 Å². The highest BCUT2D eigenvalue weighted by Crippen LogP contribution is 2.25. The second-order valence-corrected chi connectivity index (χ2v) is 6.50. The summed E-state index contributed by atoms with van der Waals surface area (Å²) in [6.07, 6.45) is 0. The Labute approximate surface area is 126 Å². The van der Waals surface area contributed by atoms with Gasteiger partial charge in [-0.1, -0.05) is 35.8 Å². The van der Waals surface area contributed by atoms with Crippen LogP contribution in [0.1, 0.15) is 31.3 Å². The van der Waals surface area contributed by atoms with Gasteiger partial charge in [0.1, 0.15) is 11.6 Å². The number of halogens is 1. The molecule has 0 saturated heterocycles. The number of hydrogen-bond acceptors (Lipinski definition) is 4. The molecule has 2 rings (SSSR count). The molecule has 0 unspecified atom stereocenters. The molecule has 0 fully saturated rings. The number of benzene rings is 1. The van der Waals surface area contributed by atoms with Crippen LogP contribution in [0.15, 0.2) is 39.7 Å². The minimum absolute atomic E-state index is 0.361. The zero-order chi connectivity index (χ0) is 13.8. The van der Waals surface area contributed by atoms with Crippen LogP contribution in [-0.2, 0) is 5.75 Å². The minimum Gasteiger partial charge on any atom is -0.384 e. The highest BCUT2D eigenvalue weighted by Gasteiger charge is 2.07. The van der Waals surface area contributed by atoms with E-state index >= 15 is 0 Å². The van der Waals surface area contributed by atoms with Crippen molar-refractivity contribution in [2.45, 2.75) is 30.4 Å². The van der Waals surface area contributed by atoms with E-state index in [-0.39, 0.29) is 0 Å². The summed E-state index contributed by atoms with van der Waals surface area (Å²) in [5, 5.41) is 0. The zero-order valence-corrected chi connectivity index (χ0v) is 13.3. The van der Waals surface area contributed by atoms with Crippen molar-refractivity contribution >= 4 is 33.5 Å². The monoisotopic (exact) mass is 337 g/mol. The molecule has 2 N–H and O–H groups in total. The van der Waals surface area contributed by atoms with Gasteiger partial charge in [0.05, 0.1) is 5.75 Å². The van der Waals surface area contributed by atoms with Gasteiger partial charge in [-0.2, -0.15) is 0 Å². The molecule has 0 saturated carbocycles. The minimum atomic E-state index is 0.361. The Hall–Kier alpha value is -1.07. The van der Waals surface area contributed by atoms with Gasteiger partial charge in [0.15, 0.2) is 0 Å². The van der Waals surface area contributed by atoms with Crippen molar-refractivity contribution < 1.29 is 0 Å². The summed E-state index contributed by atoms with van der Waals surface area (Å²) in [6.45, 7) is 4.21. The standard InChI is InChI=1S/C14H16BrN3S/c1-9(2)12-7-13(16)18-14(17-12)8-19-11-5-3-4-10(15)6-11/h3-7,9H,8H2,1-2H3,(H2,16,17,18). The number of nitrogens with zero attached hydrogens (tertiary/aromatic N) is 2. The first-order valence-corrected chi connectivity index (χ1v) is 7.84. The van der Waals surface area contributed by atoms with Crippen molar-refractivity contribution in [2.75, 3.05) is 5.73 Å². The molecule has 5 heteroatoms. The van der Waals surface area contributed by atoms with Crippen LogP contribution in [0.3, 0.4) is 0 Å². The van der Waals surface area contributed by atoms with Crippen LogP contribution in [0.4, 0.5) is 5.82 Å². The van der Waals surface area contributed by atoms with E-state index in [1.165, 1.54) is 4.90 Å². The van der Waals surface area contributed by atoms with Crippen LogP contribution in [-0.4, -0.2) is 9.97 Å². The van der Waals surface area contributed by atoms with Crippen LogP contribution in [0.5, 0.6) is 0 Å². The van der Waals surface area contributed by atoms with E-state index in [0.29, 0.717) is 11.7 Å². The fourth-order valence-electron chi connectivity index (χ4n) is 1.60. The van der Waals surface area contributed by atoms with Gasteiger partial charge >= 0.3 is 0 Å². The van der Waals surface area contributed by atoms with E-state index in [2.05, 4.69) is 51.9 Å². The van der Waals surface area contributed by atoms with Gasteiger partial charge in [0.25, 0.3) is 0 Å². The highest BCUT2D eigenvalue weighted by molar-refractivity contribution is 9.10. The summed E-state index contributed by atoms with van der Waals surface area (Å²) >= 11 is 5.17. The van der Waals surface area contributed by atoms with Crippen molar-refractivity contribution in [3.63, 3.8) is 0 Å². The molecule has 19 heavy (non-hydrogen) atoms. The molecular weight excluding hydrogens is 322 g/mol. The maximum absolute atomic E-state index is 5.82. The van der Waals surface area contributed by atoms with Crippen LogP contribution >= 0.6 is 27.7 Å². The molecule has 3 nitrogen and oxygen atoms in total. The summed E-state index contributed by atoms with van der Waals surface area (Å²) in [7, 11) is 0. The van der Waals surface area contributed by atoms with Crippen molar-refractivity contribution in [2.24, 2.45) is 0 Å². The second-order valence-electron chi connectivity index (χ2n) is 4.53. The van der Waals surface area contributed by atoms with E-state index in [4.69, 9.17) is 5.73 Å². The van der Waals surface area contributed by atoms with Gasteiger partial charge in [-0.05, 0) is 24.1 Å². The van der Waals surface area contributed by atoms with Gasteiger partial charge in [-0.3, -0.25) is 0 Å². The number of anilines is 1. The fourth-order valence-corrected chi connectivity index (χ4v) is 2.96. The molecule has 0 aliphatic rings. The summed E-state index contributed by atoms with van der Waals surface area (Å²) in [5.41, 5.74) is 6.82. The average Bonchev–Trinajstić information content (AvgIpc) is 2.36. The van der Waals surface area contributed by atoms with Gasteiger partial charge < -0.3 is 5.73 Å². The predicted molar refractivity (Wildman–Crippen MR) is 84.2 cm³/mol. The molecule has 1 aromatic carbocycles. The van der Waals surface area contributed by atoms with Gasteiger partial charge in [-0.25, -0.2) is 9.97 Å². The first-order valence-electron chi connectivity index (χ1n) is 6.06. The third-order valence-corrected chi connectivity index (χ3v) is 4.05. The lowest BCUT2D eigenvalue weighted by molar-refractivity contribution is 0.801. The maximum Gasteiger partial charge on any atom is 0.141 e. The quantitative estimate of drug-likeness (QED) is 0.848. The number of hydrogen-bond donors (Lipinski definition) is 1. The lowest BCUT2D eigenvalue weighted by Gasteiger charge is -2.08. The number of nitrogens with two attached hydrogens (primary N) is 1. The molecule has 0 radical (unpaired) electrons. The molecule has 0 amide bonds. The first kappa shape index (κ1) is 14.3. The average molecular weight is 338 g/mol. The molecular formula is C14H16BrN3S. The SMILES string of the molecule is CC(C)c1cc(N)nc(CSc2cccc(Br)c2)n1. The predicted octanol–water partition coefficient (Wildman–Crippen LogP) is 4.24. The molecule has 100 valence electrons. The summed E-state index contributed by atoms with van der Waals surface area (Å²) < 4.78 is 1.08. The first-order chi connectivity index (χ1) is 9.04. The van der Waals surface area contributed by atoms with Crippen molar-refractivity contribution in [1.29, 1.82) is 0 Å². The van der Waals surface area contributed by atoms with Crippen molar-refractivity contribution in [1.82, 2.24) is 9.97 Å². The van der Waals surface area contributed by atoms with E-state index in [1.54, 1.807) is 11.8 Å². The van der Waals surface area contributed by atoms with Crippen molar-refractivity contribution in [3.05, 3.63) is 46.3 Å². The van der Waals surface area contributed by atoms with Crippen LogP contribution in [0.25, 0.3) is 0 Å². The summed E-state index contributed by atoms with van der Waals surface area (Å²) in [5.74, 6) is 2.42. The molecule has 0 atom stereocenters. The Morgan fingerprint density at radius 3 is 2.74 bits per heavy atom. The Balaban J connectivity index is 2.11. The lowest BCUT2D eigenvalue weighted by atomic mass is 10.1. The van der Waals surface area contributed by atoms with Crippen molar-refractivity contribution in [3.8, 4) is 0 Å². The van der Waals surface area contributed by atoms with Gasteiger partial charge in [0, 0.05) is 21.1 Å². The van der Waals surface area contributed by atoms with Crippen LogP contribution in [0.2, 0.25) is 0 Å². The van der Waals surface area contributed by atoms with E-state index in [1.807, 2.05) is 18.2 Å². The molecule has 2 aromatic rings. The molecule has 1 aromatic heterocycles. The normalized spacial score (nSPS) is 10.9. The molecule has 0 aliphatic carbocycles. The van der Waals surface area contributed by atoms with E-state index in [0.717, 1.165) is 21.7 Å². The molecule has 0 bridgehead atoms. The molecule has 0 aliphatic heterocycles.